The molecule has 0 atom stereocenters. The van der Waals surface area contributed by atoms with E-state index in [1.54, 1.807) is 7.11 Å². The summed E-state index contributed by atoms with van der Waals surface area (Å²) in [5, 5.41) is 3.54. The maximum absolute atomic E-state index is 5.21. The number of hydrogen-bond acceptors (Lipinski definition) is 2. The van der Waals surface area contributed by atoms with Crippen molar-refractivity contribution in [3.63, 3.8) is 0 Å². The van der Waals surface area contributed by atoms with Gasteiger partial charge in [0, 0.05) is 17.1 Å². The first-order chi connectivity index (χ1) is 7.29. The largest absolute Gasteiger partial charge is 0.497 e. The van der Waals surface area contributed by atoms with Gasteiger partial charge in [0.05, 0.1) is 7.11 Å². The molecule has 0 amide bonds. The Morgan fingerprint density at radius 3 is 2.87 bits per heavy atom. The molecule has 0 saturated heterocycles. The number of methoxy groups -OCH3 is 1. The molecule has 1 aromatic rings. The maximum Gasteiger partial charge on any atom is 0.119 e. The van der Waals surface area contributed by atoms with E-state index >= 15 is 0 Å². The molecule has 82 valence electrons. The van der Waals surface area contributed by atoms with Crippen LogP contribution in [0.25, 0.3) is 0 Å². The Balaban J connectivity index is 1.98. The topological polar surface area (TPSA) is 21.3 Å². The van der Waals surface area contributed by atoms with E-state index < -0.39 is 0 Å². The lowest BCUT2D eigenvalue weighted by molar-refractivity contribution is 0.337. The first-order valence-electron chi connectivity index (χ1n) is 5.35. The van der Waals surface area contributed by atoms with Crippen LogP contribution < -0.4 is 10.1 Å². The molecule has 0 spiro atoms. The molecule has 0 unspecified atom stereocenters. The number of benzene rings is 1. The highest BCUT2D eigenvalue weighted by atomic mass is 79.9. The van der Waals surface area contributed by atoms with Crippen LogP contribution in [0.15, 0.2) is 22.7 Å². The Morgan fingerprint density at radius 2 is 2.27 bits per heavy atom. The highest BCUT2D eigenvalue weighted by Crippen LogP contribution is 2.24. The molecule has 15 heavy (non-hydrogen) atoms. The van der Waals surface area contributed by atoms with Gasteiger partial charge in [0.2, 0.25) is 0 Å². The molecule has 2 nitrogen and oxygen atoms in total. The summed E-state index contributed by atoms with van der Waals surface area (Å²) in [5.41, 5.74) is 1.27. The Morgan fingerprint density at radius 1 is 1.47 bits per heavy atom. The van der Waals surface area contributed by atoms with Gasteiger partial charge in [-0.2, -0.15) is 0 Å². The third-order valence-electron chi connectivity index (χ3n) is 2.94. The fraction of sp³-hybridized carbons (Fsp3) is 0.500. The molecule has 0 bridgehead atoms. The number of rotatable bonds is 4. The van der Waals surface area contributed by atoms with Gasteiger partial charge in [-0.25, -0.2) is 0 Å². The first kappa shape index (κ1) is 11.0. The van der Waals surface area contributed by atoms with Crippen LogP contribution in [-0.4, -0.2) is 13.2 Å². The van der Waals surface area contributed by atoms with Gasteiger partial charge in [-0.3, -0.25) is 0 Å². The zero-order chi connectivity index (χ0) is 10.7. The zero-order valence-corrected chi connectivity index (χ0v) is 10.5. The summed E-state index contributed by atoms with van der Waals surface area (Å²) in [5.74, 6) is 0.920. The normalized spacial score (nSPS) is 16.1. The van der Waals surface area contributed by atoms with Crippen molar-refractivity contribution >= 4 is 15.9 Å². The molecule has 3 heteroatoms. The molecule has 1 aliphatic carbocycles. The van der Waals surface area contributed by atoms with Gasteiger partial charge in [0.15, 0.2) is 0 Å². The molecule has 0 radical (unpaired) electrons. The van der Waals surface area contributed by atoms with Crippen molar-refractivity contribution in [2.24, 2.45) is 0 Å². The second-order valence-electron chi connectivity index (χ2n) is 3.97. The average molecular weight is 270 g/mol. The molecular formula is C12H16BrNO. The molecule has 0 heterocycles. The maximum atomic E-state index is 5.21. The Bertz CT molecular complexity index is 336. The molecule has 1 saturated carbocycles. The molecule has 2 rings (SSSR count). The van der Waals surface area contributed by atoms with E-state index in [9.17, 15) is 0 Å². The molecule has 0 aromatic heterocycles. The second-order valence-corrected chi connectivity index (χ2v) is 4.82. The van der Waals surface area contributed by atoms with Crippen molar-refractivity contribution in [3.8, 4) is 5.75 Å². The summed E-state index contributed by atoms with van der Waals surface area (Å²) in [7, 11) is 1.70. The van der Waals surface area contributed by atoms with E-state index in [1.165, 1.54) is 24.8 Å². The van der Waals surface area contributed by atoms with Gasteiger partial charge in [-0.1, -0.05) is 22.4 Å². The van der Waals surface area contributed by atoms with E-state index in [4.69, 9.17) is 4.74 Å². The lowest BCUT2D eigenvalue weighted by Gasteiger charge is -2.26. The lowest BCUT2D eigenvalue weighted by atomic mass is 9.93. The molecule has 1 fully saturated rings. The van der Waals surface area contributed by atoms with Crippen LogP contribution in [0, 0.1) is 0 Å². The van der Waals surface area contributed by atoms with E-state index in [-0.39, 0.29) is 0 Å². The lowest BCUT2D eigenvalue weighted by Crippen LogP contribution is -2.34. The third kappa shape index (κ3) is 2.73. The summed E-state index contributed by atoms with van der Waals surface area (Å²) in [4.78, 5) is 0. The van der Waals surface area contributed by atoms with Gasteiger partial charge in [-0.05, 0) is 36.6 Å². The standard InChI is InChI=1S/C12H16BrNO/c1-15-11-5-6-12(13)9(7-11)8-14-10-3-2-4-10/h5-7,10,14H,2-4,8H2,1H3. The number of nitrogens with one attached hydrogen (secondary N) is 1. The predicted molar refractivity (Wildman–Crippen MR) is 65.2 cm³/mol. The minimum absolute atomic E-state index is 0.725. The van der Waals surface area contributed by atoms with Crippen LogP contribution in [0.2, 0.25) is 0 Å². The summed E-state index contributed by atoms with van der Waals surface area (Å²) >= 11 is 3.55. The number of hydrogen-bond donors (Lipinski definition) is 1. The number of ether oxygens (including phenoxy) is 1. The third-order valence-corrected chi connectivity index (χ3v) is 3.71. The van der Waals surface area contributed by atoms with Gasteiger partial charge in [-0.15, -0.1) is 0 Å². The molecule has 0 aliphatic heterocycles. The van der Waals surface area contributed by atoms with E-state index in [0.29, 0.717) is 0 Å². The van der Waals surface area contributed by atoms with Crippen molar-refractivity contribution in [2.45, 2.75) is 31.8 Å². The van der Waals surface area contributed by atoms with E-state index in [2.05, 4.69) is 27.3 Å². The molecule has 1 aliphatic rings. The highest BCUT2D eigenvalue weighted by Gasteiger charge is 2.16. The summed E-state index contributed by atoms with van der Waals surface area (Å²) in [6.07, 6.45) is 4.01. The minimum Gasteiger partial charge on any atom is -0.497 e. The highest BCUT2D eigenvalue weighted by molar-refractivity contribution is 9.10. The zero-order valence-electron chi connectivity index (χ0n) is 8.92. The summed E-state index contributed by atoms with van der Waals surface area (Å²) < 4.78 is 6.36. The summed E-state index contributed by atoms with van der Waals surface area (Å²) in [6.45, 7) is 0.919. The van der Waals surface area contributed by atoms with Crippen LogP contribution in [-0.2, 0) is 6.54 Å². The fourth-order valence-electron chi connectivity index (χ4n) is 1.68. The minimum atomic E-state index is 0.725. The first-order valence-corrected chi connectivity index (χ1v) is 6.14. The van der Waals surface area contributed by atoms with Gasteiger partial charge in [0.25, 0.3) is 0 Å². The molecular weight excluding hydrogens is 254 g/mol. The van der Waals surface area contributed by atoms with Crippen LogP contribution in [0.3, 0.4) is 0 Å². The SMILES string of the molecule is COc1ccc(Br)c(CNC2CCC2)c1. The monoisotopic (exact) mass is 269 g/mol. The Labute approximate surface area is 99.1 Å². The van der Waals surface area contributed by atoms with Gasteiger partial charge in [0.1, 0.15) is 5.75 Å². The van der Waals surface area contributed by atoms with Crippen LogP contribution in [0.5, 0.6) is 5.75 Å². The van der Waals surface area contributed by atoms with Crippen LogP contribution in [0.1, 0.15) is 24.8 Å². The summed E-state index contributed by atoms with van der Waals surface area (Å²) in [6, 6.07) is 6.81. The van der Waals surface area contributed by atoms with Crippen molar-refractivity contribution in [1.29, 1.82) is 0 Å². The predicted octanol–water partition coefficient (Wildman–Crippen LogP) is 3.10. The van der Waals surface area contributed by atoms with Crippen molar-refractivity contribution in [2.75, 3.05) is 7.11 Å². The van der Waals surface area contributed by atoms with Gasteiger partial charge >= 0.3 is 0 Å². The van der Waals surface area contributed by atoms with E-state index in [1.807, 2.05) is 12.1 Å². The molecule has 1 aromatic carbocycles. The smallest absolute Gasteiger partial charge is 0.119 e. The van der Waals surface area contributed by atoms with Crippen LogP contribution >= 0.6 is 15.9 Å². The Kier molecular flexibility index (Phi) is 3.65. The second kappa shape index (κ2) is 4.99. The van der Waals surface area contributed by atoms with Crippen LogP contribution in [0.4, 0.5) is 0 Å². The number of halogens is 1. The quantitative estimate of drug-likeness (QED) is 0.907. The van der Waals surface area contributed by atoms with Gasteiger partial charge < -0.3 is 10.1 Å². The average Bonchev–Trinajstić information content (AvgIpc) is 2.18. The Hall–Kier alpha value is -0.540. The van der Waals surface area contributed by atoms with E-state index in [0.717, 1.165) is 22.8 Å². The van der Waals surface area contributed by atoms with Crippen molar-refractivity contribution < 1.29 is 4.74 Å². The van der Waals surface area contributed by atoms with Crippen molar-refractivity contribution in [1.82, 2.24) is 5.32 Å². The van der Waals surface area contributed by atoms with Crippen molar-refractivity contribution in [3.05, 3.63) is 28.2 Å². The molecule has 1 N–H and O–H groups in total. The fourth-order valence-corrected chi connectivity index (χ4v) is 2.07.